The van der Waals surface area contributed by atoms with Gasteiger partial charge in [0.15, 0.2) is 0 Å². The molecule has 0 N–H and O–H groups in total. The average molecular weight is 507 g/mol. The number of para-hydroxylation sites is 2. The van der Waals surface area contributed by atoms with Gasteiger partial charge in [0, 0.05) is 28.5 Å². The van der Waals surface area contributed by atoms with Gasteiger partial charge in [-0.25, -0.2) is 0 Å². The number of anilines is 2. The molecule has 1 heterocycles. The van der Waals surface area contributed by atoms with Gasteiger partial charge in [-0.15, -0.1) is 0 Å². The smallest absolute Gasteiger partial charge is 0.258 e. The van der Waals surface area contributed by atoms with Gasteiger partial charge in [-0.2, -0.15) is 0 Å². The Morgan fingerprint density at radius 3 is 1.89 bits per heavy atom. The SMILES string of the molecule is COc1ccc(C(=O)N2c3ccccc3[C@@H](N(C(=O)c3ccc(OC)cc3)c3ccccc3)C[C@@H]2C)cc1. The van der Waals surface area contributed by atoms with Crippen LogP contribution in [0, 0.1) is 0 Å². The molecule has 0 saturated heterocycles. The van der Waals surface area contributed by atoms with Crippen molar-refractivity contribution < 1.29 is 19.1 Å². The van der Waals surface area contributed by atoms with Crippen LogP contribution in [0.15, 0.2) is 103 Å². The van der Waals surface area contributed by atoms with Crippen molar-refractivity contribution in [1.29, 1.82) is 0 Å². The highest BCUT2D eigenvalue weighted by Crippen LogP contribution is 2.43. The monoisotopic (exact) mass is 506 g/mol. The molecule has 6 heteroatoms. The summed E-state index contributed by atoms with van der Waals surface area (Å²) in [6.45, 7) is 2.03. The van der Waals surface area contributed by atoms with E-state index in [9.17, 15) is 9.59 Å². The van der Waals surface area contributed by atoms with Crippen LogP contribution in [0.3, 0.4) is 0 Å². The van der Waals surface area contributed by atoms with E-state index < -0.39 is 0 Å². The lowest BCUT2D eigenvalue weighted by atomic mass is 9.89. The number of carbonyl (C=O) groups excluding carboxylic acids is 2. The first-order chi connectivity index (χ1) is 18.5. The molecule has 0 aromatic heterocycles. The van der Waals surface area contributed by atoms with Crippen molar-refractivity contribution in [2.24, 2.45) is 0 Å². The Labute approximate surface area is 223 Å². The van der Waals surface area contributed by atoms with Crippen LogP contribution in [0.4, 0.5) is 11.4 Å². The van der Waals surface area contributed by atoms with Crippen LogP contribution in [0.5, 0.6) is 11.5 Å². The van der Waals surface area contributed by atoms with E-state index >= 15 is 0 Å². The zero-order chi connectivity index (χ0) is 26.6. The van der Waals surface area contributed by atoms with Gasteiger partial charge >= 0.3 is 0 Å². The van der Waals surface area contributed by atoms with Gasteiger partial charge in [-0.05, 0) is 85.6 Å². The zero-order valence-corrected chi connectivity index (χ0v) is 21.7. The van der Waals surface area contributed by atoms with Gasteiger partial charge in [0.25, 0.3) is 11.8 Å². The van der Waals surface area contributed by atoms with Crippen LogP contribution >= 0.6 is 0 Å². The largest absolute Gasteiger partial charge is 0.497 e. The minimum Gasteiger partial charge on any atom is -0.497 e. The van der Waals surface area contributed by atoms with Crippen molar-refractivity contribution in [1.82, 2.24) is 0 Å². The van der Waals surface area contributed by atoms with Crippen LogP contribution < -0.4 is 19.3 Å². The lowest BCUT2D eigenvalue weighted by molar-refractivity contribution is 0.0965. The van der Waals surface area contributed by atoms with E-state index in [-0.39, 0.29) is 23.9 Å². The topological polar surface area (TPSA) is 59.1 Å². The molecule has 2 amide bonds. The Morgan fingerprint density at radius 1 is 0.737 bits per heavy atom. The van der Waals surface area contributed by atoms with Gasteiger partial charge in [0.05, 0.1) is 20.3 Å². The molecule has 2 atom stereocenters. The molecule has 0 radical (unpaired) electrons. The summed E-state index contributed by atoms with van der Waals surface area (Å²) in [5, 5.41) is 0. The van der Waals surface area contributed by atoms with E-state index in [0.717, 1.165) is 16.9 Å². The quantitative estimate of drug-likeness (QED) is 0.298. The van der Waals surface area contributed by atoms with Crippen molar-refractivity contribution in [3.63, 3.8) is 0 Å². The Balaban J connectivity index is 1.57. The number of benzene rings is 4. The molecule has 1 aliphatic rings. The van der Waals surface area contributed by atoms with E-state index in [4.69, 9.17) is 9.47 Å². The van der Waals surface area contributed by atoms with Crippen LogP contribution in [0.2, 0.25) is 0 Å². The maximum absolute atomic E-state index is 14.1. The highest BCUT2D eigenvalue weighted by atomic mass is 16.5. The van der Waals surface area contributed by atoms with E-state index in [1.807, 2.05) is 71.3 Å². The number of hydrogen-bond acceptors (Lipinski definition) is 4. The van der Waals surface area contributed by atoms with Gasteiger partial charge in [0.1, 0.15) is 11.5 Å². The number of ether oxygens (including phenoxy) is 2. The number of amides is 2. The number of methoxy groups -OCH3 is 2. The molecule has 0 aliphatic carbocycles. The highest BCUT2D eigenvalue weighted by molar-refractivity contribution is 6.09. The van der Waals surface area contributed by atoms with Gasteiger partial charge in [-0.1, -0.05) is 36.4 Å². The van der Waals surface area contributed by atoms with Crippen LogP contribution in [-0.2, 0) is 0 Å². The minimum absolute atomic E-state index is 0.0844. The molecular weight excluding hydrogens is 476 g/mol. The lowest BCUT2D eigenvalue weighted by Crippen LogP contribution is -2.47. The Bertz CT molecular complexity index is 1420. The van der Waals surface area contributed by atoms with Crippen molar-refractivity contribution in [2.75, 3.05) is 24.0 Å². The fourth-order valence-electron chi connectivity index (χ4n) is 5.11. The summed E-state index contributed by atoms with van der Waals surface area (Å²) in [4.78, 5) is 31.5. The third-order valence-corrected chi connectivity index (χ3v) is 7.02. The number of rotatable bonds is 6. The fourth-order valence-corrected chi connectivity index (χ4v) is 5.11. The summed E-state index contributed by atoms with van der Waals surface area (Å²) in [7, 11) is 3.21. The Morgan fingerprint density at radius 2 is 1.29 bits per heavy atom. The van der Waals surface area contributed by atoms with E-state index in [2.05, 4.69) is 0 Å². The lowest BCUT2D eigenvalue weighted by Gasteiger charge is -2.43. The molecule has 4 aromatic rings. The third kappa shape index (κ3) is 4.73. The predicted molar refractivity (Wildman–Crippen MR) is 149 cm³/mol. The first kappa shape index (κ1) is 25.1. The third-order valence-electron chi connectivity index (χ3n) is 7.02. The molecule has 0 bridgehead atoms. The maximum Gasteiger partial charge on any atom is 0.258 e. The molecule has 5 rings (SSSR count). The Hall–Kier alpha value is -4.58. The van der Waals surface area contributed by atoms with E-state index in [1.54, 1.807) is 62.8 Å². The van der Waals surface area contributed by atoms with Crippen LogP contribution in [0.1, 0.15) is 45.7 Å². The van der Waals surface area contributed by atoms with E-state index in [1.165, 1.54) is 0 Å². The molecule has 38 heavy (non-hydrogen) atoms. The molecule has 4 aromatic carbocycles. The highest BCUT2D eigenvalue weighted by Gasteiger charge is 2.39. The molecule has 1 aliphatic heterocycles. The molecule has 0 unspecified atom stereocenters. The fraction of sp³-hybridized carbons (Fsp3) is 0.188. The number of carbonyl (C=O) groups is 2. The van der Waals surface area contributed by atoms with Crippen molar-refractivity contribution in [3.05, 3.63) is 120 Å². The predicted octanol–water partition coefficient (Wildman–Crippen LogP) is 6.53. The second-order valence-corrected chi connectivity index (χ2v) is 9.30. The standard InChI is InChI=1S/C32H30N2O4/c1-22-21-30(34(25-9-5-4-6-10-25)32(36)24-15-19-27(38-3)20-16-24)28-11-7-8-12-29(28)33(22)31(35)23-13-17-26(37-2)18-14-23/h4-20,22,30H,21H2,1-3H3/t22-,30-/m0/s1. The first-order valence-electron chi connectivity index (χ1n) is 12.6. The molecule has 0 saturated carbocycles. The van der Waals surface area contributed by atoms with Gasteiger partial charge in [0.2, 0.25) is 0 Å². The molecule has 6 nitrogen and oxygen atoms in total. The van der Waals surface area contributed by atoms with Crippen molar-refractivity contribution >= 4 is 23.2 Å². The minimum atomic E-state index is -0.266. The average Bonchev–Trinajstić information content (AvgIpc) is 2.97. The number of fused-ring (bicyclic) bond motifs is 1. The van der Waals surface area contributed by atoms with E-state index in [0.29, 0.717) is 29.0 Å². The van der Waals surface area contributed by atoms with Crippen LogP contribution in [-0.4, -0.2) is 32.1 Å². The maximum atomic E-state index is 14.1. The summed E-state index contributed by atoms with van der Waals surface area (Å²) in [6.07, 6.45) is 0.579. The van der Waals surface area contributed by atoms with Gasteiger partial charge < -0.3 is 19.3 Å². The summed E-state index contributed by atoms with van der Waals surface area (Å²) < 4.78 is 10.5. The number of nitrogens with zero attached hydrogens (tertiary/aromatic N) is 2. The van der Waals surface area contributed by atoms with Crippen LogP contribution in [0.25, 0.3) is 0 Å². The van der Waals surface area contributed by atoms with Crippen molar-refractivity contribution in [3.8, 4) is 11.5 Å². The summed E-state index contributed by atoms with van der Waals surface area (Å²) in [6, 6.07) is 31.5. The summed E-state index contributed by atoms with van der Waals surface area (Å²) in [5.41, 5.74) is 3.69. The molecule has 192 valence electrons. The summed E-state index contributed by atoms with van der Waals surface area (Å²) in [5.74, 6) is 1.20. The first-order valence-corrected chi connectivity index (χ1v) is 12.6. The number of hydrogen-bond donors (Lipinski definition) is 0. The zero-order valence-electron chi connectivity index (χ0n) is 21.7. The van der Waals surface area contributed by atoms with Gasteiger partial charge in [-0.3, -0.25) is 9.59 Å². The Kier molecular flexibility index (Phi) is 7.13. The molecular formula is C32H30N2O4. The molecule has 0 fully saturated rings. The summed E-state index contributed by atoms with van der Waals surface area (Å²) >= 11 is 0. The second kappa shape index (κ2) is 10.8. The normalized spacial score (nSPS) is 16.3. The molecule has 0 spiro atoms. The second-order valence-electron chi connectivity index (χ2n) is 9.30. The van der Waals surface area contributed by atoms with Crippen molar-refractivity contribution in [2.45, 2.75) is 25.4 Å².